The van der Waals surface area contributed by atoms with Crippen molar-refractivity contribution in [1.82, 2.24) is 0 Å². The lowest BCUT2D eigenvalue weighted by molar-refractivity contribution is 0.208. The van der Waals surface area contributed by atoms with Gasteiger partial charge in [-0.1, -0.05) is 43.8 Å². The standard InChI is InChI=1S/C18H27NO2/c1-5-14(2)19-18(15(3)21-4)17(11-12-20)13-16-9-7-6-8-10-16/h6-10,17-18,20H,3,5,11-13H2,1-2,4H3. The minimum absolute atomic E-state index is 0.109. The number of methoxy groups -OCH3 is 1. The van der Waals surface area contributed by atoms with Crippen molar-refractivity contribution in [1.29, 1.82) is 0 Å². The van der Waals surface area contributed by atoms with E-state index in [0.717, 1.165) is 18.6 Å². The number of nitrogens with zero attached hydrogens (tertiary/aromatic N) is 1. The second-order valence-corrected chi connectivity index (χ2v) is 5.30. The Morgan fingerprint density at radius 1 is 1.33 bits per heavy atom. The molecule has 0 amide bonds. The zero-order chi connectivity index (χ0) is 15.7. The largest absolute Gasteiger partial charge is 0.499 e. The number of aliphatic hydroxyl groups excluding tert-OH is 1. The third-order valence-electron chi connectivity index (χ3n) is 3.75. The highest BCUT2D eigenvalue weighted by atomic mass is 16.5. The quantitative estimate of drug-likeness (QED) is 0.557. The second kappa shape index (κ2) is 9.35. The fourth-order valence-electron chi connectivity index (χ4n) is 2.34. The van der Waals surface area contributed by atoms with Crippen molar-refractivity contribution >= 4 is 5.71 Å². The molecular formula is C18H27NO2. The van der Waals surface area contributed by atoms with Crippen LogP contribution >= 0.6 is 0 Å². The van der Waals surface area contributed by atoms with Gasteiger partial charge in [0.25, 0.3) is 0 Å². The van der Waals surface area contributed by atoms with Gasteiger partial charge in [-0.3, -0.25) is 4.99 Å². The molecule has 0 aliphatic rings. The smallest absolute Gasteiger partial charge is 0.113 e. The topological polar surface area (TPSA) is 41.8 Å². The molecule has 116 valence electrons. The summed E-state index contributed by atoms with van der Waals surface area (Å²) in [5.41, 5.74) is 2.32. The van der Waals surface area contributed by atoms with Crippen LogP contribution in [0.1, 0.15) is 32.3 Å². The molecule has 0 aliphatic carbocycles. The fourth-order valence-corrected chi connectivity index (χ4v) is 2.34. The van der Waals surface area contributed by atoms with Gasteiger partial charge in [0.1, 0.15) is 11.8 Å². The maximum absolute atomic E-state index is 9.39. The third-order valence-corrected chi connectivity index (χ3v) is 3.75. The Kier molecular flexibility index (Phi) is 7.76. The van der Waals surface area contributed by atoms with E-state index in [-0.39, 0.29) is 18.6 Å². The Balaban J connectivity index is 2.98. The van der Waals surface area contributed by atoms with Crippen molar-refractivity contribution in [2.24, 2.45) is 10.9 Å². The van der Waals surface area contributed by atoms with Gasteiger partial charge in [-0.25, -0.2) is 0 Å². The number of hydrogen-bond donors (Lipinski definition) is 1. The minimum atomic E-state index is -0.109. The Hall–Kier alpha value is -1.61. The minimum Gasteiger partial charge on any atom is -0.499 e. The Morgan fingerprint density at radius 2 is 2.00 bits per heavy atom. The SMILES string of the molecule is C=C(OC)C(N=C(C)CC)C(CCO)Cc1ccccc1. The molecule has 2 unspecified atom stereocenters. The van der Waals surface area contributed by atoms with Gasteiger partial charge in [0.15, 0.2) is 0 Å². The summed E-state index contributed by atoms with van der Waals surface area (Å²) in [4.78, 5) is 4.76. The Morgan fingerprint density at radius 3 is 2.52 bits per heavy atom. The van der Waals surface area contributed by atoms with Gasteiger partial charge in [-0.2, -0.15) is 0 Å². The summed E-state index contributed by atoms with van der Waals surface area (Å²) in [7, 11) is 1.63. The summed E-state index contributed by atoms with van der Waals surface area (Å²) < 4.78 is 5.34. The zero-order valence-corrected chi connectivity index (χ0v) is 13.4. The van der Waals surface area contributed by atoms with Crippen LogP contribution in [0.4, 0.5) is 0 Å². The van der Waals surface area contributed by atoms with Gasteiger partial charge < -0.3 is 9.84 Å². The molecule has 0 fully saturated rings. The van der Waals surface area contributed by atoms with E-state index >= 15 is 0 Å². The van der Waals surface area contributed by atoms with Crippen molar-refractivity contribution in [3.63, 3.8) is 0 Å². The number of rotatable bonds is 9. The number of ether oxygens (including phenoxy) is 1. The van der Waals surface area contributed by atoms with Gasteiger partial charge in [0.2, 0.25) is 0 Å². The highest BCUT2D eigenvalue weighted by Crippen LogP contribution is 2.24. The Labute approximate surface area is 128 Å². The van der Waals surface area contributed by atoms with Gasteiger partial charge in [-0.15, -0.1) is 0 Å². The van der Waals surface area contributed by atoms with Crippen LogP contribution in [0.15, 0.2) is 47.7 Å². The van der Waals surface area contributed by atoms with E-state index in [9.17, 15) is 5.11 Å². The van der Waals surface area contributed by atoms with Gasteiger partial charge in [0, 0.05) is 12.3 Å². The first-order chi connectivity index (χ1) is 10.1. The van der Waals surface area contributed by atoms with Crippen LogP contribution in [-0.4, -0.2) is 30.6 Å². The molecule has 21 heavy (non-hydrogen) atoms. The van der Waals surface area contributed by atoms with Crippen molar-refractivity contribution in [2.75, 3.05) is 13.7 Å². The molecule has 0 radical (unpaired) electrons. The van der Waals surface area contributed by atoms with Crippen molar-refractivity contribution in [2.45, 2.75) is 39.2 Å². The lowest BCUT2D eigenvalue weighted by atomic mass is 9.88. The number of benzene rings is 1. The second-order valence-electron chi connectivity index (χ2n) is 5.30. The number of aliphatic imine (C=N–C) groups is 1. The van der Waals surface area contributed by atoms with Crippen molar-refractivity contribution < 1.29 is 9.84 Å². The first-order valence-corrected chi connectivity index (χ1v) is 7.53. The van der Waals surface area contributed by atoms with Crippen LogP contribution in [0.2, 0.25) is 0 Å². The predicted molar refractivity (Wildman–Crippen MR) is 88.7 cm³/mol. The molecular weight excluding hydrogens is 262 g/mol. The first-order valence-electron chi connectivity index (χ1n) is 7.53. The molecule has 0 saturated carbocycles. The van der Waals surface area contributed by atoms with E-state index in [2.05, 4.69) is 25.6 Å². The molecule has 0 aromatic heterocycles. The molecule has 3 heteroatoms. The summed E-state index contributed by atoms with van der Waals surface area (Å²) in [5, 5.41) is 9.39. The predicted octanol–water partition coefficient (Wildman–Crippen LogP) is 3.63. The first kappa shape index (κ1) is 17.4. The van der Waals surface area contributed by atoms with Gasteiger partial charge >= 0.3 is 0 Å². The summed E-state index contributed by atoms with van der Waals surface area (Å²) in [5.74, 6) is 0.850. The summed E-state index contributed by atoms with van der Waals surface area (Å²) in [6, 6.07) is 10.2. The number of hydrogen-bond acceptors (Lipinski definition) is 3. The van der Waals surface area contributed by atoms with Crippen LogP contribution in [0.5, 0.6) is 0 Å². The molecule has 1 rings (SSSR count). The molecule has 1 N–H and O–H groups in total. The average Bonchev–Trinajstić information content (AvgIpc) is 2.52. The van der Waals surface area contributed by atoms with Gasteiger partial charge in [0.05, 0.1) is 7.11 Å². The molecule has 1 aromatic rings. The van der Waals surface area contributed by atoms with Crippen LogP contribution in [0.25, 0.3) is 0 Å². The molecule has 0 aliphatic heterocycles. The molecule has 3 nitrogen and oxygen atoms in total. The lowest BCUT2D eigenvalue weighted by Gasteiger charge is -2.25. The van der Waals surface area contributed by atoms with Crippen LogP contribution < -0.4 is 0 Å². The van der Waals surface area contributed by atoms with E-state index in [4.69, 9.17) is 9.73 Å². The van der Waals surface area contributed by atoms with Crippen molar-refractivity contribution in [3.8, 4) is 0 Å². The molecule has 1 aromatic carbocycles. The zero-order valence-electron chi connectivity index (χ0n) is 13.4. The fraction of sp³-hybridized carbons (Fsp3) is 0.500. The maximum Gasteiger partial charge on any atom is 0.113 e. The molecule has 0 saturated heterocycles. The number of aliphatic hydroxyl groups is 1. The highest BCUT2D eigenvalue weighted by molar-refractivity contribution is 5.81. The van der Waals surface area contributed by atoms with E-state index < -0.39 is 0 Å². The van der Waals surface area contributed by atoms with E-state index in [0.29, 0.717) is 12.2 Å². The monoisotopic (exact) mass is 289 g/mol. The molecule has 2 atom stereocenters. The normalized spacial score (nSPS) is 14.6. The molecule has 0 bridgehead atoms. The lowest BCUT2D eigenvalue weighted by Crippen LogP contribution is -2.26. The van der Waals surface area contributed by atoms with Crippen LogP contribution in [-0.2, 0) is 11.2 Å². The summed E-state index contributed by atoms with van der Waals surface area (Å²) >= 11 is 0. The van der Waals surface area contributed by atoms with E-state index in [1.807, 2.05) is 25.1 Å². The van der Waals surface area contributed by atoms with E-state index in [1.54, 1.807) is 7.11 Å². The van der Waals surface area contributed by atoms with Crippen LogP contribution in [0, 0.1) is 5.92 Å². The maximum atomic E-state index is 9.39. The highest BCUT2D eigenvalue weighted by Gasteiger charge is 2.24. The molecule has 0 heterocycles. The average molecular weight is 289 g/mol. The molecule has 0 spiro atoms. The van der Waals surface area contributed by atoms with E-state index in [1.165, 1.54) is 5.56 Å². The summed E-state index contributed by atoms with van der Waals surface area (Å²) in [6.45, 7) is 8.25. The van der Waals surface area contributed by atoms with Gasteiger partial charge in [-0.05, 0) is 37.7 Å². The van der Waals surface area contributed by atoms with Crippen molar-refractivity contribution in [3.05, 3.63) is 48.2 Å². The van der Waals surface area contributed by atoms with Crippen LogP contribution in [0.3, 0.4) is 0 Å². The summed E-state index contributed by atoms with van der Waals surface area (Å²) in [6.07, 6.45) is 2.45. The Bertz CT molecular complexity index is 454. The third kappa shape index (κ3) is 5.72.